The molecule has 0 bridgehead atoms. The van der Waals surface area contributed by atoms with E-state index in [0.717, 1.165) is 12.1 Å². The van der Waals surface area contributed by atoms with Crippen LogP contribution in [0.5, 0.6) is 0 Å². The molecule has 1 fully saturated rings. The number of alkyl halides is 3. The monoisotopic (exact) mass is 276 g/mol. The second kappa shape index (κ2) is 5.04. The first-order valence-electron chi connectivity index (χ1n) is 5.58. The van der Waals surface area contributed by atoms with Crippen molar-refractivity contribution in [3.05, 3.63) is 33.9 Å². The molecule has 1 aliphatic heterocycles. The predicted octanol–water partition coefficient (Wildman–Crippen LogP) is 2.81. The molecule has 5 nitrogen and oxygen atoms in total. The molecule has 1 heterocycles. The Morgan fingerprint density at radius 2 is 2.16 bits per heavy atom. The zero-order valence-electron chi connectivity index (χ0n) is 9.74. The summed E-state index contributed by atoms with van der Waals surface area (Å²) >= 11 is 0. The lowest BCUT2D eigenvalue weighted by atomic mass is 10.1. The Hall–Kier alpha value is -1.83. The van der Waals surface area contributed by atoms with Gasteiger partial charge in [-0.15, -0.1) is 0 Å². The van der Waals surface area contributed by atoms with Crippen molar-refractivity contribution in [1.82, 2.24) is 0 Å². The highest BCUT2D eigenvalue weighted by atomic mass is 19.4. The molecule has 1 atom stereocenters. The summed E-state index contributed by atoms with van der Waals surface area (Å²) in [5, 5.41) is 13.5. The Balaban J connectivity index is 2.29. The van der Waals surface area contributed by atoms with Crippen LogP contribution in [0.15, 0.2) is 18.2 Å². The van der Waals surface area contributed by atoms with E-state index >= 15 is 0 Å². The number of nitrogens with zero attached hydrogens (tertiary/aromatic N) is 1. The van der Waals surface area contributed by atoms with Crippen LogP contribution in [0.25, 0.3) is 0 Å². The molecular formula is C11H11F3N2O3. The standard InChI is InChI=1S/C11H11F3N2O3/c12-11(13,14)9-5-7(1-2-10(9)16(17)18)15-8-3-4-19-6-8/h1-2,5,8,15H,3-4,6H2. The van der Waals surface area contributed by atoms with Gasteiger partial charge < -0.3 is 10.1 Å². The minimum atomic E-state index is -4.76. The average Bonchev–Trinajstić information content (AvgIpc) is 2.80. The van der Waals surface area contributed by atoms with Crippen molar-refractivity contribution in [2.45, 2.75) is 18.6 Å². The molecule has 1 unspecified atom stereocenters. The summed E-state index contributed by atoms with van der Waals surface area (Å²) in [6.07, 6.45) is -4.06. The van der Waals surface area contributed by atoms with Crippen LogP contribution in [0.3, 0.4) is 0 Å². The third-order valence-corrected chi connectivity index (χ3v) is 2.80. The minimum Gasteiger partial charge on any atom is -0.380 e. The summed E-state index contributed by atoms with van der Waals surface area (Å²) in [4.78, 5) is 9.55. The molecule has 1 aliphatic rings. The largest absolute Gasteiger partial charge is 0.423 e. The highest BCUT2D eigenvalue weighted by molar-refractivity contribution is 5.55. The molecule has 1 aromatic rings. The molecule has 0 spiro atoms. The maximum atomic E-state index is 12.7. The van der Waals surface area contributed by atoms with E-state index in [1.54, 1.807) is 0 Å². The van der Waals surface area contributed by atoms with Gasteiger partial charge in [-0.1, -0.05) is 0 Å². The van der Waals surface area contributed by atoms with E-state index < -0.39 is 22.4 Å². The van der Waals surface area contributed by atoms with E-state index in [1.807, 2.05) is 0 Å². The van der Waals surface area contributed by atoms with Gasteiger partial charge in [0.25, 0.3) is 5.69 Å². The third-order valence-electron chi connectivity index (χ3n) is 2.80. The first-order valence-corrected chi connectivity index (χ1v) is 5.58. The molecule has 0 radical (unpaired) electrons. The molecule has 0 amide bonds. The van der Waals surface area contributed by atoms with Crippen LogP contribution in [0.1, 0.15) is 12.0 Å². The molecule has 1 saturated heterocycles. The maximum Gasteiger partial charge on any atom is 0.423 e. The van der Waals surface area contributed by atoms with Gasteiger partial charge in [-0.05, 0) is 18.6 Å². The number of nitro benzene ring substituents is 1. The van der Waals surface area contributed by atoms with Gasteiger partial charge in [-0.3, -0.25) is 10.1 Å². The zero-order chi connectivity index (χ0) is 14.0. The number of anilines is 1. The van der Waals surface area contributed by atoms with Crippen molar-refractivity contribution < 1.29 is 22.8 Å². The number of benzene rings is 1. The van der Waals surface area contributed by atoms with Crippen LogP contribution in [0.4, 0.5) is 24.5 Å². The fourth-order valence-electron chi connectivity index (χ4n) is 1.90. The van der Waals surface area contributed by atoms with Crippen molar-refractivity contribution >= 4 is 11.4 Å². The van der Waals surface area contributed by atoms with Crippen LogP contribution < -0.4 is 5.32 Å². The van der Waals surface area contributed by atoms with Gasteiger partial charge in [-0.2, -0.15) is 13.2 Å². The van der Waals surface area contributed by atoms with Crippen molar-refractivity contribution in [1.29, 1.82) is 0 Å². The predicted molar refractivity (Wildman–Crippen MR) is 60.9 cm³/mol. The molecule has 1 N–H and O–H groups in total. The van der Waals surface area contributed by atoms with Gasteiger partial charge in [-0.25, -0.2) is 0 Å². The summed E-state index contributed by atoms with van der Waals surface area (Å²) in [6.45, 7) is 0.967. The van der Waals surface area contributed by atoms with Crippen molar-refractivity contribution in [3.8, 4) is 0 Å². The molecule has 8 heteroatoms. The van der Waals surface area contributed by atoms with Crippen LogP contribution in [0, 0.1) is 10.1 Å². The number of hydrogen-bond acceptors (Lipinski definition) is 4. The Morgan fingerprint density at radius 3 is 2.68 bits per heavy atom. The highest BCUT2D eigenvalue weighted by Crippen LogP contribution is 2.37. The topological polar surface area (TPSA) is 64.4 Å². The molecule has 0 aliphatic carbocycles. The van der Waals surface area contributed by atoms with E-state index in [4.69, 9.17) is 4.74 Å². The van der Waals surface area contributed by atoms with Crippen LogP contribution >= 0.6 is 0 Å². The summed E-state index contributed by atoms with van der Waals surface area (Å²) in [5.74, 6) is 0. The molecule has 19 heavy (non-hydrogen) atoms. The Bertz CT molecular complexity index is 485. The molecule has 1 aromatic carbocycles. The van der Waals surface area contributed by atoms with Crippen LogP contribution in [0.2, 0.25) is 0 Å². The smallest absolute Gasteiger partial charge is 0.380 e. The normalized spacial score (nSPS) is 19.4. The van der Waals surface area contributed by atoms with Crippen molar-refractivity contribution in [2.24, 2.45) is 0 Å². The van der Waals surface area contributed by atoms with Gasteiger partial charge in [0.1, 0.15) is 5.56 Å². The fraction of sp³-hybridized carbons (Fsp3) is 0.455. The maximum absolute atomic E-state index is 12.7. The van der Waals surface area contributed by atoms with Gasteiger partial charge in [0.2, 0.25) is 0 Å². The number of hydrogen-bond donors (Lipinski definition) is 1. The number of ether oxygens (including phenoxy) is 1. The number of nitro groups is 1. The minimum absolute atomic E-state index is 0.0671. The molecule has 0 aromatic heterocycles. The van der Waals surface area contributed by atoms with Crippen molar-refractivity contribution in [3.63, 3.8) is 0 Å². The van der Waals surface area contributed by atoms with E-state index in [-0.39, 0.29) is 11.7 Å². The third kappa shape index (κ3) is 3.14. The van der Waals surface area contributed by atoms with Crippen LogP contribution in [-0.4, -0.2) is 24.2 Å². The SMILES string of the molecule is O=[N+]([O-])c1ccc(NC2CCOC2)cc1C(F)(F)F. The summed E-state index contributed by atoms with van der Waals surface area (Å²) in [5.41, 5.74) is -1.99. The van der Waals surface area contributed by atoms with E-state index in [1.165, 1.54) is 6.07 Å². The van der Waals surface area contributed by atoms with Gasteiger partial charge in [0.15, 0.2) is 0 Å². The molecular weight excluding hydrogens is 265 g/mol. The first-order chi connectivity index (χ1) is 8.88. The van der Waals surface area contributed by atoms with Gasteiger partial charge in [0, 0.05) is 18.4 Å². The Kier molecular flexibility index (Phi) is 3.61. The number of nitrogens with one attached hydrogen (secondary N) is 1. The second-order valence-corrected chi connectivity index (χ2v) is 4.19. The van der Waals surface area contributed by atoms with Crippen LogP contribution in [-0.2, 0) is 10.9 Å². The van der Waals surface area contributed by atoms with Gasteiger partial charge >= 0.3 is 6.18 Å². The first kappa shape index (κ1) is 13.6. The van der Waals surface area contributed by atoms with E-state index in [9.17, 15) is 23.3 Å². The lowest BCUT2D eigenvalue weighted by molar-refractivity contribution is -0.388. The number of rotatable bonds is 3. The summed E-state index contributed by atoms with van der Waals surface area (Å²) < 4.78 is 43.3. The number of halogens is 3. The van der Waals surface area contributed by atoms with Gasteiger partial charge in [0.05, 0.1) is 17.6 Å². The van der Waals surface area contributed by atoms with Crippen molar-refractivity contribution in [2.75, 3.05) is 18.5 Å². The lowest BCUT2D eigenvalue weighted by Gasteiger charge is -2.14. The van der Waals surface area contributed by atoms with E-state index in [0.29, 0.717) is 19.6 Å². The highest BCUT2D eigenvalue weighted by Gasteiger charge is 2.38. The quantitative estimate of drug-likeness (QED) is 0.681. The lowest BCUT2D eigenvalue weighted by Crippen LogP contribution is -2.19. The average molecular weight is 276 g/mol. The zero-order valence-corrected chi connectivity index (χ0v) is 9.74. The second-order valence-electron chi connectivity index (χ2n) is 4.19. The summed E-state index contributed by atoms with van der Waals surface area (Å²) in [6, 6.07) is 2.82. The Morgan fingerprint density at radius 1 is 1.42 bits per heavy atom. The Labute approximate surface area is 106 Å². The molecule has 104 valence electrons. The molecule has 0 saturated carbocycles. The molecule has 2 rings (SSSR count). The summed E-state index contributed by atoms with van der Waals surface area (Å²) in [7, 11) is 0. The van der Waals surface area contributed by atoms with E-state index in [2.05, 4.69) is 5.32 Å². The fourth-order valence-corrected chi connectivity index (χ4v) is 1.90.